The van der Waals surface area contributed by atoms with Crippen molar-refractivity contribution >= 4 is 0 Å². The van der Waals surface area contributed by atoms with E-state index in [1.807, 2.05) is 12.1 Å². The number of hydrogen-bond donors (Lipinski definition) is 0. The topological polar surface area (TPSA) is 18.5 Å². The van der Waals surface area contributed by atoms with Crippen molar-refractivity contribution in [1.82, 2.24) is 0 Å². The highest BCUT2D eigenvalue weighted by atomic mass is 16.5. The van der Waals surface area contributed by atoms with Crippen LogP contribution in [0.25, 0.3) is 0 Å². The Morgan fingerprint density at radius 2 is 0.763 bits per heavy atom. The molecule has 0 spiro atoms. The first-order valence-electron chi connectivity index (χ1n) is 13.4. The van der Waals surface area contributed by atoms with Crippen LogP contribution in [0.2, 0.25) is 0 Å². The lowest BCUT2D eigenvalue weighted by atomic mass is 9.80. The van der Waals surface area contributed by atoms with Crippen molar-refractivity contribution in [3.63, 3.8) is 0 Å². The zero-order valence-corrected chi connectivity index (χ0v) is 21.7. The molecule has 38 heavy (non-hydrogen) atoms. The van der Waals surface area contributed by atoms with Gasteiger partial charge in [-0.3, -0.25) is 0 Å². The Morgan fingerprint density at radius 3 is 1.16 bits per heavy atom. The molecule has 0 heterocycles. The average Bonchev–Trinajstić information content (AvgIpc) is 3.01. The molecule has 0 unspecified atom stereocenters. The monoisotopic (exact) mass is 498 g/mol. The lowest BCUT2D eigenvalue weighted by molar-refractivity contribution is 0.00498. The van der Waals surface area contributed by atoms with Gasteiger partial charge in [0.2, 0.25) is 0 Å². The minimum Gasteiger partial charge on any atom is -0.369 e. The van der Waals surface area contributed by atoms with E-state index in [-0.39, 0.29) is 6.10 Å². The fourth-order valence-electron chi connectivity index (χ4n) is 5.04. The number of benzene rings is 5. The molecule has 0 atom stereocenters. The fraction of sp³-hybridized carbons (Fsp3) is 0.167. The standard InChI is InChI=1S/C36H34O2/c1-6-18-30(19-7-1)35(31-20-8-2-9-21-31)37-28-16-17-29-38-36(32-22-10-3-11-23-32,33-24-12-4-13-25-33)34-26-14-5-15-27-34/h1-15,18-27,35H,16-17,28-29H2. The molecule has 0 aliphatic carbocycles. The first-order chi connectivity index (χ1) is 18.9. The summed E-state index contributed by atoms with van der Waals surface area (Å²) in [7, 11) is 0. The second kappa shape index (κ2) is 13.0. The Hall–Kier alpha value is -3.98. The molecule has 5 aromatic carbocycles. The van der Waals surface area contributed by atoms with Crippen LogP contribution >= 0.6 is 0 Å². The van der Waals surface area contributed by atoms with Gasteiger partial charge in [0.25, 0.3) is 0 Å². The van der Waals surface area contributed by atoms with Crippen LogP contribution in [0.15, 0.2) is 152 Å². The third kappa shape index (κ3) is 5.94. The van der Waals surface area contributed by atoms with E-state index in [0.717, 1.165) is 29.5 Å². The van der Waals surface area contributed by atoms with Crippen molar-refractivity contribution in [3.8, 4) is 0 Å². The summed E-state index contributed by atoms with van der Waals surface area (Å²) in [4.78, 5) is 0. The molecule has 0 aromatic heterocycles. The van der Waals surface area contributed by atoms with E-state index in [2.05, 4.69) is 140 Å². The lowest BCUT2D eigenvalue weighted by Gasteiger charge is -2.36. The highest BCUT2D eigenvalue weighted by molar-refractivity contribution is 5.47. The van der Waals surface area contributed by atoms with E-state index in [1.54, 1.807) is 0 Å². The van der Waals surface area contributed by atoms with Gasteiger partial charge in [0.05, 0.1) is 0 Å². The van der Waals surface area contributed by atoms with Crippen molar-refractivity contribution < 1.29 is 9.47 Å². The quantitative estimate of drug-likeness (QED) is 0.127. The molecular weight excluding hydrogens is 464 g/mol. The van der Waals surface area contributed by atoms with Crippen molar-refractivity contribution in [2.24, 2.45) is 0 Å². The van der Waals surface area contributed by atoms with Crippen LogP contribution < -0.4 is 0 Å². The van der Waals surface area contributed by atoms with Crippen LogP contribution in [0.1, 0.15) is 46.8 Å². The molecule has 5 rings (SSSR count). The molecule has 0 bridgehead atoms. The molecule has 5 aromatic rings. The highest BCUT2D eigenvalue weighted by Gasteiger charge is 2.37. The first kappa shape index (κ1) is 25.7. The average molecular weight is 499 g/mol. The molecule has 2 heteroatoms. The highest BCUT2D eigenvalue weighted by Crippen LogP contribution is 2.40. The van der Waals surface area contributed by atoms with Gasteiger partial charge in [-0.2, -0.15) is 0 Å². The molecule has 2 nitrogen and oxygen atoms in total. The van der Waals surface area contributed by atoms with E-state index < -0.39 is 5.60 Å². The molecule has 0 aliphatic heterocycles. The zero-order valence-electron chi connectivity index (χ0n) is 21.7. The molecule has 0 radical (unpaired) electrons. The Balaban J connectivity index is 1.30. The first-order valence-corrected chi connectivity index (χ1v) is 13.4. The summed E-state index contributed by atoms with van der Waals surface area (Å²) in [6.45, 7) is 1.27. The smallest absolute Gasteiger partial charge is 0.143 e. The van der Waals surface area contributed by atoms with Crippen molar-refractivity contribution in [2.45, 2.75) is 24.5 Å². The number of unbranched alkanes of at least 4 members (excludes halogenated alkanes) is 1. The molecule has 0 fully saturated rings. The predicted molar refractivity (Wildman–Crippen MR) is 155 cm³/mol. The van der Waals surface area contributed by atoms with Crippen LogP contribution in [-0.4, -0.2) is 13.2 Å². The normalized spacial score (nSPS) is 11.5. The van der Waals surface area contributed by atoms with Crippen LogP contribution in [0.4, 0.5) is 0 Å². The van der Waals surface area contributed by atoms with Gasteiger partial charge in [0, 0.05) is 13.2 Å². The minimum atomic E-state index is -0.679. The van der Waals surface area contributed by atoms with Crippen LogP contribution in [0.3, 0.4) is 0 Å². The number of rotatable bonds is 12. The Kier molecular flexibility index (Phi) is 8.78. The lowest BCUT2D eigenvalue weighted by Crippen LogP contribution is -2.33. The summed E-state index contributed by atoms with van der Waals surface area (Å²) in [5, 5.41) is 0. The number of hydrogen-bond acceptors (Lipinski definition) is 2. The molecular formula is C36H34O2. The Labute approximate surface area is 226 Å². The van der Waals surface area contributed by atoms with Gasteiger partial charge >= 0.3 is 0 Å². The van der Waals surface area contributed by atoms with Gasteiger partial charge in [0.15, 0.2) is 0 Å². The largest absolute Gasteiger partial charge is 0.369 e. The zero-order chi connectivity index (χ0) is 25.9. The second-order valence-corrected chi connectivity index (χ2v) is 9.41. The SMILES string of the molecule is c1ccc(C(OCCCCOC(c2ccccc2)(c2ccccc2)c2ccccc2)c2ccccc2)cc1. The van der Waals surface area contributed by atoms with E-state index in [1.165, 1.54) is 11.1 Å². The van der Waals surface area contributed by atoms with Gasteiger partial charge < -0.3 is 9.47 Å². The summed E-state index contributed by atoms with van der Waals surface area (Å²) in [5.41, 5.74) is 5.05. The molecule has 0 N–H and O–H groups in total. The summed E-state index contributed by atoms with van der Waals surface area (Å²) in [5.74, 6) is 0. The van der Waals surface area contributed by atoms with Gasteiger partial charge in [0.1, 0.15) is 11.7 Å². The molecule has 0 amide bonds. The van der Waals surface area contributed by atoms with E-state index in [9.17, 15) is 0 Å². The van der Waals surface area contributed by atoms with Crippen LogP contribution in [0.5, 0.6) is 0 Å². The summed E-state index contributed by atoms with van der Waals surface area (Å²) in [6, 6.07) is 52.5. The maximum absolute atomic E-state index is 6.91. The van der Waals surface area contributed by atoms with E-state index >= 15 is 0 Å². The molecule has 0 aliphatic rings. The van der Waals surface area contributed by atoms with Crippen molar-refractivity contribution in [1.29, 1.82) is 0 Å². The molecule has 0 saturated carbocycles. The number of ether oxygens (including phenoxy) is 2. The Morgan fingerprint density at radius 1 is 0.421 bits per heavy atom. The van der Waals surface area contributed by atoms with E-state index in [4.69, 9.17) is 9.47 Å². The second-order valence-electron chi connectivity index (χ2n) is 9.41. The summed E-state index contributed by atoms with van der Waals surface area (Å²) in [6.07, 6.45) is 1.73. The summed E-state index contributed by atoms with van der Waals surface area (Å²) >= 11 is 0. The predicted octanol–water partition coefficient (Wildman–Crippen LogP) is 8.58. The van der Waals surface area contributed by atoms with Crippen LogP contribution in [-0.2, 0) is 15.1 Å². The summed E-state index contributed by atoms with van der Waals surface area (Å²) < 4.78 is 13.4. The van der Waals surface area contributed by atoms with Crippen molar-refractivity contribution in [3.05, 3.63) is 179 Å². The van der Waals surface area contributed by atoms with Gasteiger partial charge in [-0.15, -0.1) is 0 Å². The minimum absolute atomic E-state index is 0.0737. The van der Waals surface area contributed by atoms with Crippen molar-refractivity contribution in [2.75, 3.05) is 13.2 Å². The Bertz CT molecular complexity index is 1200. The molecule has 190 valence electrons. The van der Waals surface area contributed by atoms with Crippen LogP contribution in [0, 0.1) is 0 Å². The van der Waals surface area contributed by atoms with Gasteiger partial charge in [-0.1, -0.05) is 152 Å². The maximum atomic E-state index is 6.91. The third-order valence-corrected chi connectivity index (χ3v) is 6.89. The molecule has 0 saturated heterocycles. The van der Waals surface area contributed by atoms with Gasteiger partial charge in [-0.25, -0.2) is 0 Å². The van der Waals surface area contributed by atoms with Gasteiger partial charge in [-0.05, 0) is 40.7 Å². The fourth-order valence-corrected chi connectivity index (χ4v) is 5.04. The maximum Gasteiger partial charge on any atom is 0.143 e. The van der Waals surface area contributed by atoms with E-state index in [0.29, 0.717) is 13.2 Å². The third-order valence-electron chi connectivity index (χ3n) is 6.89.